The highest BCUT2D eigenvalue weighted by atomic mass is 32.2. The molecular weight excluding hydrogens is 384 g/mol. The van der Waals surface area contributed by atoms with Crippen molar-refractivity contribution in [2.24, 2.45) is 0 Å². The minimum atomic E-state index is 0.290. The van der Waals surface area contributed by atoms with Crippen LogP contribution in [0, 0.1) is 6.92 Å². The average molecular weight is 404 g/mol. The maximum absolute atomic E-state index is 6.08. The normalized spacial score (nSPS) is 10.7. The van der Waals surface area contributed by atoms with Gasteiger partial charge in [0.05, 0.1) is 24.2 Å². The van der Waals surface area contributed by atoms with Crippen molar-refractivity contribution in [2.45, 2.75) is 23.3 Å². The molecule has 6 nitrogen and oxygen atoms in total. The summed E-state index contributed by atoms with van der Waals surface area (Å²) in [6.07, 6.45) is 3.31. The van der Waals surface area contributed by atoms with E-state index in [1.807, 2.05) is 54.1 Å². The van der Waals surface area contributed by atoms with Crippen LogP contribution in [0.2, 0.25) is 0 Å². The van der Waals surface area contributed by atoms with Crippen LogP contribution in [0.4, 0.5) is 0 Å². The molecule has 0 bridgehead atoms. The molecular formula is C22H20N4O2S. The fraction of sp³-hybridized carbons (Fsp3) is 0.136. The number of nitrogens with zero attached hydrogens (tertiary/aromatic N) is 4. The molecule has 0 saturated carbocycles. The fourth-order valence-electron chi connectivity index (χ4n) is 2.80. The summed E-state index contributed by atoms with van der Waals surface area (Å²) in [4.78, 5) is 10.5. The van der Waals surface area contributed by atoms with Crippen LogP contribution in [-0.2, 0) is 6.54 Å². The first kappa shape index (κ1) is 19.0. The van der Waals surface area contributed by atoms with Gasteiger partial charge < -0.3 is 9.47 Å². The number of aryl methyl sites for hydroxylation is 1. The summed E-state index contributed by atoms with van der Waals surface area (Å²) in [6.45, 7) is 2.54. The van der Waals surface area contributed by atoms with Crippen LogP contribution in [0.3, 0.4) is 0 Å². The summed E-state index contributed by atoms with van der Waals surface area (Å²) < 4.78 is 13.2. The minimum absolute atomic E-state index is 0.290. The zero-order valence-electron chi connectivity index (χ0n) is 16.1. The van der Waals surface area contributed by atoms with Gasteiger partial charge in [-0.15, -0.1) is 0 Å². The van der Waals surface area contributed by atoms with Crippen LogP contribution in [-0.4, -0.2) is 26.9 Å². The second kappa shape index (κ2) is 8.79. The molecule has 2 aromatic carbocycles. The van der Waals surface area contributed by atoms with Crippen molar-refractivity contribution < 1.29 is 9.47 Å². The summed E-state index contributed by atoms with van der Waals surface area (Å²) in [5, 5.41) is 4.72. The van der Waals surface area contributed by atoms with Crippen LogP contribution in [0.25, 0.3) is 0 Å². The molecule has 0 aliphatic heterocycles. The van der Waals surface area contributed by atoms with Crippen molar-refractivity contribution in [1.29, 1.82) is 0 Å². The molecule has 0 unspecified atom stereocenters. The van der Waals surface area contributed by atoms with Crippen LogP contribution in [0.1, 0.15) is 11.3 Å². The van der Waals surface area contributed by atoms with Crippen molar-refractivity contribution in [3.05, 3.63) is 84.3 Å². The number of methoxy groups -OCH3 is 1. The van der Waals surface area contributed by atoms with Gasteiger partial charge in [0, 0.05) is 17.3 Å². The second-order valence-electron chi connectivity index (χ2n) is 6.27. The van der Waals surface area contributed by atoms with Crippen molar-refractivity contribution in [2.75, 3.05) is 7.11 Å². The Morgan fingerprint density at radius 3 is 2.34 bits per heavy atom. The van der Waals surface area contributed by atoms with E-state index in [0.717, 1.165) is 26.8 Å². The van der Waals surface area contributed by atoms with Gasteiger partial charge in [0.1, 0.15) is 5.75 Å². The predicted molar refractivity (Wildman–Crippen MR) is 112 cm³/mol. The molecule has 0 amide bonds. The summed E-state index contributed by atoms with van der Waals surface area (Å²) in [6, 6.07) is 20.1. The quantitative estimate of drug-likeness (QED) is 0.433. The molecule has 146 valence electrons. The molecule has 2 aromatic heterocycles. The largest absolute Gasteiger partial charge is 0.497 e. The number of hydrogen-bond acceptors (Lipinski definition) is 6. The topological polar surface area (TPSA) is 62.1 Å². The molecule has 4 aromatic rings. The van der Waals surface area contributed by atoms with Crippen LogP contribution in [0.5, 0.6) is 17.6 Å². The Morgan fingerprint density at radius 1 is 0.931 bits per heavy atom. The number of rotatable bonds is 7. The fourth-order valence-corrected chi connectivity index (χ4v) is 3.75. The molecule has 0 aliphatic carbocycles. The van der Waals surface area contributed by atoms with Crippen molar-refractivity contribution >= 4 is 11.8 Å². The Bertz CT molecular complexity index is 1070. The third-order valence-corrected chi connectivity index (χ3v) is 5.39. The molecule has 0 atom stereocenters. The molecule has 29 heavy (non-hydrogen) atoms. The third kappa shape index (κ3) is 4.57. The Morgan fingerprint density at radius 2 is 1.66 bits per heavy atom. The molecule has 0 radical (unpaired) electrons. The van der Waals surface area contributed by atoms with Crippen molar-refractivity contribution in [1.82, 2.24) is 19.7 Å². The number of hydrogen-bond donors (Lipinski definition) is 0. The Hall–Kier alpha value is -3.32. The predicted octanol–water partition coefficient (Wildman–Crippen LogP) is 4.98. The van der Waals surface area contributed by atoms with Gasteiger partial charge in [0.15, 0.2) is 0 Å². The van der Waals surface area contributed by atoms with E-state index in [1.54, 1.807) is 37.3 Å². The van der Waals surface area contributed by atoms with Gasteiger partial charge in [-0.1, -0.05) is 42.1 Å². The van der Waals surface area contributed by atoms with Crippen molar-refractivity contribution in [3.63, 3.8) is 0 Å². The smallest absolute Gasteiger partial charge is 0.323 e. The summed E-state index contributed by atoms with van der Waals surface area (Å²) >= 11 is 1.61. The highest BCUT2D eigenvalue weighted by molar-refractivity contribution is 7.99. The van der Waals surface area contributed by atoms with Gasteiger partial charge >= 0.3 is 6.01 Å². The summed E-state index contributed by atoms with van der Waals surface area (Å²) in [5.41, 5.74) is 1.97. The Kier molecular flexibility index (Phi) is 5.76. The van der Waals surface area contributed by atoms with E-state index >= 15 is 0 Å². The maximum Gasteiger partial charge on any atom is 0.323 e. The highest BCUT2D eigenvalue weighted by Crippen LogP contribution is 2.39. The third-order valence-electron chi connectivity index (χ3n) is 4.21. The number of ether oxygens (including phenoxy) is 2. The molecule has 4 rings (SSSR count). The zero-order valence-corrected chi connectivity index (χ0v) is 17.0. The lowest BCUT2D eigenvalue weighted by Crippen LogP contribution is -2.05. The van der Waals surface area contributed by atoms with E-state index in [2.05, 4.69) is 22.1 Å². The summed E-state index contributed by atoms with van der Waals surface area (Å²) in [5.74, 6) is 1.44. The standard InChI is InChI=1S/C22H20N4O2S/c1-16-20(29-19-7-4-3-5-8-19)21(28-22-23-13-6-14-24-22)26(25-16)15-17-9-11-18(27-2)12-10-17/h3-14H,15H2,1-2H3. The number of benzene rings is 2. The molecule has 0 spiro atoms. The Labute approximate surface area is 173 Å². The zero-order chi connectivity index (χ0) is 20.1. The SMILES string of the molecule is COc1ccc(Cn2nc(C)c(Sc3ccccc3)c2Oc2ncccn2)cc1. The van der Waals surface area contributed by atoms with Gasteiger partial charge in [-0.2, -0.15) is 5.10 Å². The van der Waals surface area contributed by atoms with Gasteiger partial charge in [-0.05, 0) is 42.8 Å². The van der Waals surface area contributed by atoms with Crippen LogP contribution < -0.4 is 9.47 Å². The number of aromatic nitrogens is 4. The average Bonchev–Trinajstić information content (AvgIpc) is 3.04. The molecule has 7 heteroatoms. The molecule has 0 aliphatic rings. The monoisotopic (exact) mass is 404 g/mol. The Balaban J connectivity index is 1.70. The van der Waals surface area contributed by atoms with E-state index in [0.29, 0.717) is 18.4 Å². The highest BCUT2D eigenvalue weighted by Gasteiger charge is 2.20. The summed E-state index contributed by atoms with van der Waals surface area (Å²) in [7, 11) is 1.66. The lowest BCUT2D eigenvalue weighted by Gasteiger charge is -2.10. The lowest BCUT2D eigenvalue weighted by molar-refractivity contribution is 0.383. The maximum atomic E-state index is 6.08. The van der Waals surface area contributed by atoms with Crippen LogP contribution in [0.15, 0.2) is 82.8 Å². The van der Waals surface area contributed by atoms with E-state index in [4.69, 9.17) is 14.6 Å². The van der Waals surface area contributed by atoms with Gasteiger partial charge in [-0.25, -0.2) is 14.6 Å². The van der Waals surface area contributed by atoms with E-state index in [9.17, 15) is 0 Å². The first-order chi connectivity index (χ1) is 14.2. The molecule has 0 fully saturated rings. The van der Waals surface area contributed by atoms with E-state index < -0.39 is 0 Å². The first-order valence-corrected chi connectivity index (χ1v) is 9.92. The van der Waals surface area contributed by atoms with Crippen LogP contribution >= 0.6 is 11.8 Å². The molecule has 2 heterocycles. The second-order valence-corrected chi connectivity index (χ2v) is 7.36. The van der Waals surface area contributed by atoms with E-state index in [1.165, 1.54) is 0 Å². The van der Waals surface area contributed by atoms with Gasteiger partial charge in [-0.3, -0.25) is 0 Å². The van der Waals surface area contributed by atoms with Crippen molar-refractivity contribution in [3.8, 4) is 17.6 Å². The van der Waals surface area contributed by atoms with Gasteiger partial charge in [0.2, 0.25) is 5.88 Å². The molecule has 0 N–H and O–H groups in total. The first-order valence-electron chi connectivity index (χ1n) is 9.11. The van der Waals surface area contributed by atoms with Gasteiger partial charge in [0.25, 0.3) is 0 Å². The van der Waals surface area contributed by atoms with E-state index in [-0.39, 0.29) is 0 Å². The molecule has 0 saturated heterocycles. The minimum Gasteiger partial charge on any atom is -0.497 e. The lowest BCUT2D eigenvalue weighted by atomic mass is 10.2.